The highest BCUT2D eigenvalue weighted by atomic mass is 16.5. The summed E-state index contributed by atoms with van der Waals surface area (Å²) in [5, 5.41) is 11.1. The van der Waals surface area contributed by atoms with Gasteiger partial charge in [0.25, 0.3) is 0 Å². The molecule has 0 spiro atoms. The smallest absolute Gasteiger partial charge is 0.245 e. The number of carbonyl (C=O) groups excluding carboxylic acids is 2. The van der Waals surface area contributed by atoms with Crippen LogP contribution in [0.25, 0.3) is 11.0 Å². The van der Waals surface area contributed by atoms with E-state index in [4.69, 9.17) is 4.74 Å². The molecule has 5 rings (SSSR count). The molecule has 0 atom stereocenters. The van der Waals surface area contributed by atoms with Crippen molar-refractivity contribution in [2.24, 2.45) is 0 Å². The number of carbonyl (C=O) groups is 2. The Kier molecular flexibility index (Phi) is 7.13. The van der Waals surface area contributed by atoms with Crippen LogP contribution in [-0.4, -0.2) is 69.5 Å². The minimum Gasteiger partial charge on any atom is -0.378 e. The van der Waals surface area contributed by atoms with Crippen LogP contribution in [0.15, 0.2) is 73.1 Å². The van der Waals surface area contributed by atoms with Crippen LogP contribution >= 0.6 is 0 Å². The van der Waals surface area contributed by atoms with Crippen molar-refractivity contribution in [3.8, 4) is 0 Å². The summed E-state index contributed by atoms with van der Waals surface area (Å²) in [5.74, 6) is -0.526. The van der Waals surface area contributed by atoms with E-state index in [-0.39, 0.29) is 31.4 Å². The molecule has 1 fully saturated rings. The lowest BCUT2D eigenvalue weighted by Crippen LogP contribution is -2.39. The summed E-state index contributed by atoms with van der Waals surface area (Å²) in [4.78, 5) is 34.1. The Bertz CT molecular complexity index is 1320. The maximum atomic E-state index is 13.3. The van der Waals surface area contributed by atoms with Gasteiger partial charge in [-0.2, -0.15) is 0 Å². The molecule has 0 unspecified atom stereocenters. The molecule has 0 saturated carbocycles. The fourth-order valence-corrected chi connectivity index (χ4v) is 4.16. The van der Waals surface area contributed by atoms with Crippen molar-refractivity contribution in [2.45, 2.75) is 13.1 Å². The number of rotatable bonds is 8. The van der Waals surface area contributed by atoms with Crippen LogP contribution in [0.5, 0.6) is 0 Å². The zero-order valence-corrected chi connectivity index (χ0v) is 19.8. The Hall–Kier alpha value is -4.31. The average Bonchev–Trinajstić information content (AvgIpc) is 3.32. The normalized spacial score (nSPS) is 13.5. The van der Waals surface area contributed by atoms with Crippen molar-refractivity contribution in [1.82, 2.24) is 24.9 Å². The van der Waals surface area contributed by atoms with E-state index in [1.807, 2.05) is 54.6 Å². The van der Waals surface area contributed by atoms with E-state index >= 15 is 0 Å². The van der Waals surface area contributed by atoms with Crippen molar-refractivity contribution >= 4 is 34.2 Å². The molecule has 0 radical (unpaired) electrons. The van der Waals surface area contributed by atoms with E-state index in [2.05, 4.69) is 25.5 Å². The Morgan fingerprint density at radius 2 is 1.81 bits per heavy atom. The molecule has 1 saturated heterocycles. The summed E-state index contributed by atoms with van der Waals surface area (Å²) < 4.78 is 6.96. The lowest BCUT2D eigenvalue weighted by atomic mass is 10.2. The lowest BCUT2D eigenvalue weighted by Gasteiger charge is -2.29. The largest absolute Gasteiger partial charge is 0.378 e. The van der Waals surface area contributed by atoms with E-state index < -0.39 is 0 Å². The first-order valence-electron chi connectivity index (χ1n) is 11.8. The van der Waals surface area contributed by atoms with E-state index in [1.165, 1.54) is 4.90 Å². The zero-order chi connectivity index (χ0) is 24.7. The minimum atomic E-state index is -0.283. The Morgan fingerprint density at radius 1 is 1.00 bits per heavy atom. The van der Waals surface area contributed by atoms with Gasteiger partial charge in [-0.3, -0.25) is 14.6 Å². The van der Waals surface area contributed by atoms with Crippen molar-refractivity contribution in [2.75, 3.05) is 43.1 Å². The van der Waals surface area contributed by atoms with Crippen LogP contribution in [-0.2, 0) is 27.4 Å². The first-order chi connectivity index (χ1) is 17.7. The van der Waals surface area contributed by atoms with E-state index in [9.17, 15) is 9.59 Å². The Morgan fingerprint density at radius 3 is 2.58 bits per heavy atom. The minimum absolute atomic E-state index is 0.0255. The molecule has 0 bridgehead atoms. The molecule has 3 heterocycles. The van der Waals surface area contributed by atoms with Gasteiger partial charge in [0.05, 0.1) is 18.7 Å². The maximum absolute atomic E-state index is 13.3. The first-order valence-corrected chi connectivity index (χ1v) is 11.8. The lowest BCUT2D eigenvalue weighted by molar-refractivity contribution is -0.136. The molecular formula is C26H27N7O3. The highest BCUT2D eigenvalue weighted by Gasteiger charge is 2.20. The molecule has 1 aliphatic heterocycles. The molecule has 1 aliphatic rings. The van der Waals surface area contributed by atoms with Crippen molar-refractivity contribution in [3.05, 3.63) is 78.6 Å². The summed E-state index contributed by atoms with van der Waals surface area (Å²) in [6, 6.07) is 18.8. The molecule has 1 N–H and O–H groups in total. The zero-order valence-electron chi connectivity index (χ0n) is 19.8. The van der Waals surface area contributed by atoms with Crippen LogP contribution in [0.1, 0.15) is 5.56 Å². The average molecular weight is 486 g/mol. The molecule has 10 heteroatoms. The van der Waals surface area contributed by atoms with Crippen LogP contribution < -0.4 is 10.2 Å². The molecule has 2 amide bonds. The maximum Gasteiger partial charge on any atom is 0.245 e. The predicted molar refractivity (Wildman–Crippen MR) is 135 cm³/mol. The van der Waals surface area contributed by atoms with Crippen LogP contribution in [0.4, 0.5) is 11.4 Å². The fraction of sp³-hybridized carbons (Fsp3) is 0.269. The number of morpholine rings is 1. The Labute approximate surface area is 208 Å². The number of amides is 2. The second-order valence-electron chi connectivity index (χ2n) is 8.54. The summed E-state index contributed by atoms with van der Waals surface area (Å²) in [6.07, 6.45) is 3.36. The number of anilines is 2. The van der Waals surface area contributed by atoms with E-state index in [0.717, 1.165) is 29.9 Å². The number of benzene rings is 2. The number of hydrogen-bond acceptors (Lipinski definition) is 7. The number of hydrogen-bond donors (Lipinski definition) is 1. The number of pyridine rings is 1. The van der Waals surface area contributed by atoms with Gasteiger partial charge in [0.1, 0.15) is 18.6 Å². The van der Waals surface area contributed by atoms with Crippen LogP contribution in [0.2, 0.25) is 0 Å². The third kappa shape index (κ3) is 5.66. The Balaban J connectivity index is 1.27. The van der Waals surface area contributed by atoms with Gasteiger partial charge in [0.2, 0.25) is 11.8 Å². The molecule has 2 aromatic carbocycles. The topological polar surface area (TPSA) is 105 Å². The van der Waals surface area contributed by atoms with Crippen LogP contribution in [0.3, 0.4) is 0 Å². The van der Waals surface area contributed by atoms with Crippen molar-refractivity contribution in [3.63, 3.8) is 0 Å². The second kappa shape index (κ2) is 11.0. The van der Waals surface area contributed by atoms with E-state index in [1.54, 1.807) is 23.1 Å². The standard InChI is InChI=1S/C26H27N7O3/c34-25(28-21-7-9-22(10-8-21)31-12-14-36-15-13-31)18-32(17-20-4-3-11-27-16-20)26(35)19-33-24-6-2-1-5-23(24)29-30-33/h1-11,16H,12-15,17-19H2,(H,28,34). The molecule has 36 heavy (non-hydrogen) atoms. The molecule has 2 aromatic heterocycles. The predicted octanol–water partition coefficient (Wildman–Crippen LogP) is 2.33. The van der Waals surface area contributed by atoms with Gasteiger partial charge in [0.15, 0.2) is 0 Å². The van der Waals surface area contributed by atoms with Crippen LogP contribution in [0, 0.1) is 0 Å². The molecule has 10 nitrogen and oxygen atoms in total. The molecular weight excluding hydrogens is 458 g/mol. The summed E-state index contributed by atoms with van der Waals surface area (Å²) >= 11 is 0. The molecule has 184 valence electrons. The van der Waals surface area contributed by atoms with Gasteiger partial charge in [-0.25, -0.2) is 4.68 Å². The van der Waals surface area contributed by atoms with Gasteiger partial charge in [0, 0.05) is 43.4 Å². The number of ether oxygens (including phenoxy) is 1. The number of nitrogens with one attached hydrogen (secondary N) is 1. The SMILES string of the molecule is O=C(CN(Cc1cccnc1)C(=O)Cn1nnc2ccccc21)Nc1ccc(N2CCOCC2)cc1. The first kappa shape index (κ1) is 23.4. The van der Waals surface area contributed by atoms with E-state index in [0.29, 0.717) is 24.4 Å². The van der Waals surface area contributed by atoms with Gasteiger partial charge < -0.3 is 19.9 Å². The quantitative estimate of drug-likeness (QED) is 0.408. The van der Waals surface area contributed by atoms with Crippen molar-refractivity contribution < 1.29 is 14.3 Å². The van der Waals surface area contributed by atoms with Gasteiger partial charge in [-0.1, -0.05) is 23.4 Å². The third-order valence-electron chi connectivity index (χ3n) is 6.02. The number of para-hydroxylation sites is 1. The monoisotopic (exact) mass is 485 g/mol. The third-order valence-corrected chi connectivity index (χ3v) is 6.02. The van der Waals surface area contributed by atoms with Gasteiger partial charge >= 0.3 is 0 Å². The summed E-state index contributed by atoms with van der Waals surface area (Å²) in [5.41, 5.74) is 4.06. The highest BCUT2D eigenvalue weighted by Crippen LogP contribution is 2.19. The molecule has 0 aliphatic carbocycles. The number of fused-ring (bicyclic) bond motifs is 1. The summed E-state index contributed by atoms with van der Waals surface area (Å²) in [7, 11) is 0. The molecule has 4 aromatic rings. The second-order valence-corrected chi connectivity index (χ2v) is 8.54. The summed E-state index contributed by atoms with van der Waals surface area (Å²) in [6.45, 7) is 3.24. The van der Waals surface area contributed by atoms with Gasteiger partial charge in [-0.15, -0.1) is 5.10 Å². The number of nitrogens with zero attached hydrogens (tertiary/aromatic N) is 6. The highest BCUT2D eigenvalue weighted by molar-refractivity contribution is 5.94. The number of aromatic nitrogens is 4. The fourth-order valence-electron chi connectivity index (χ4n) is 4.16. The van der Waals surface area contributed by atoms with Gasteiger partial charge in [-0.05, 0) is 48.0 Å². The van der Waals surface area contributed by atoms with Crippen molar-refractivity contribution in [1.29, 1.82) is 0 Å².